The highest BCUT2D eigenvalue weighted by molar-refractivity contribution is 7.23. The van der Waals surface area contributed by atoms with Crippen LogP contribution in [0.1, 0.15) is 90.3 Å². The molecule has 7 heterocycles. The molecule has 324 valence electrons. The lowest BCUT2D eigenvalue weighted by molar-refractivity contribution is 0.0167. The molecule has 0 radical (unpaired) electrons. The Morgan fingerprint density at radius 2 is 1.74 bits per heavy atom. The molecule has 18 heteroatoms. The molecular formula is C43H50F2N8O7S. The van der Waals surface area contributed by atoms with Gasteiger partial charge in [-0.3, -0.25) is 15.2 Å². The number of likely N-dealkylation sites (tertiary alicyclic amines) is 2. The second-order valence-electron chi connectivity index (χ2n) is 19.0. The number of ether oxygens (including phenoxy) is 4. The lowest BCUT2D eigenvalue weighted by Crippen LogP contribution is -2.56. The lowest BCUT2D eigenvalue weighted by atomic mass is 9.93. The molecule has 2 amide bonds. The van der Waals surface area contributed by atoms with Gasteiger partial charge in [-0.25, -0.2) is 18.4 Å². The molecular weight excluding hydrogens is 811 g/mol. The van der Waals surface area contributed by atoms with E-state index in [9.17, 15) is 20.0 Å². The Morgan fingerprint density at radius 1 is 1.03 bits per heavy atom. The molecule has 2 N–H and O–H groups in total. The normalized spacial score (nSPS) is 21.9. The van der Waals surface area contributed by atoms with Crippen LogP contribution in [0.25, 0.3) is 32.2 Å². The number of fused-ring (bicyclic) bond motifs is 6. The van der Waals surface area contributed by atoms with Crippen LogP contribution >= 0.6 is 11.3 Å². The minimum Gasteiger partial charge on any atom is -0.463 e. The first-order valence-corrected chi connectivity index (χ1v) is 21.7. The maximum absolute atomic E-state index is 17.9. The highest BCUT2D eigenvalue weighted by Gasteiger charge is 2.48. The maximum Gasteiger partial charge on any atom is 0.412 e. The SMILES string of the molecule is CC(C)(C)OC(=O)Nc1sc2c(F)cnc(-c3c4c(c5c(N6C7CCC6CN(C(=O)OC(C)(C)C)C7)nc(OCC6(CN7CC[C@H]7CO)CC6)nc5c3F)COC4)c2c1C#N. The van der Waals surface area contributed by atoms with E-state index in [0.717, 1.165) is 62.7 Å². The fourth-order valence-electron chi connectivity index (χ4n) is 9.15. The Hall–Kier alpha value is -4.96. The molecule has 4 aromatic rings. The number of benzene rings is 1. The zero-order chi connectivity index (χ0) is 43.2. The molecule has 4 aliphatic heterocycles. The number of anilines is 2. The smallest absolute Gasteiger partial charge is 0.412 e. The summed E-state index contributed by atoms with van der Waals surface area (Å²) in [6.45, 7) is 13.5. The van der Waals surface area contributed by atoms with Gasteiger partial charge in [-0.15, -0.1) is 11.3 Å². The first-order valence-electron chi connectivity index (χ1n) is 20.8. The fraction of sp³-hybridized carbons (Fsp3) is 0.581. The summed E-state index contributed by atoms with van der Waals surface area (Å²) in [5.41, 5.74) is -0.687. The molecule has 4 fully saturated rings. The zero-order valence-electron chi connectivity index (χ0n) is 35.2. The van der Waals surface area contributed by atoms with Gasteiger partial charge in [0.15, 0.2) is 11.6 Å². The van der Waals surface area contributed by atoms with Crippen LogP contribution in [0.4, 0.5) is 29.2 Å². The molecule has 3 atom stereocenters. The Kier molecular flexibility index (Phi) is 10.3. The van der Waals surface area contributed by atoms with E-state index in [1.54, 1.807) is 25.7 Å². The third-order valence-corrected chi connectivity index (χ3v) is 13.4. The average Bonchev–Trinajstić information content (AvgIpc) is 3.45. The number of piperazine rings is 1. The van der Waals surface area contributed by atoms with Crippen molar-refractivity contribution in [2.45, 2.75) is 116 Å². The molecule has 3 saturated heterocycles. The topological polar surface area (TPSA) is 176 Å². The van der Waals surface area contributed by atoms with Gasteiger partial charge >= 0.3 is 18.2 Å². The Balaban J connectivity index is 1.17. The van der Waals surface area contributed by atoms with Crippen molar-refractivity contribution in [3.8, 4) is 23.3 Å². The van der Waals surface area contributed by atoms with Gasteiger partial charge in [0.2, 0.25) is 0 Å². The van der Waals surface area contributed by atoms with Gasteiger partial charge in [0.25, 0.3) is 0 Å². The highest BCUT2D eigenvalue weighted by Crippen LogP contribution is 2.50. The minimum atomic E-state index is -0.842. The first kappa shape index (κ1) is 41.4. The highest BCUT2D eigenvalue weighted by atomic mass is 32.1. The quantitative estimate of drug-likeness (QED) is 0.172. The summed E-state index contributed by atoms with van der Waals surface area (Å²) in [4.78, 5) is 46.6. The van der Waals surface area contributed by atoms with Crippen molar-refractivity contribution in [1.82, 2.24) is 24.8 Å². The van der Waals surface area contributed by atoms with E-state index in [2.05, 4.69) is 26.2 Å². The van der Waals surface area contributed by atoms with Crippen molar-refractivity contribution in [3.05, 3.63) is 34.5 Å². The second-order valence-corrected chi connectivity index (χ2v) is 20.0. The van der Waals surface area contributed by atoms with Gasteiger partial charge in [0, 0.05) is 60.7 Å². The number of rotatable bonds is 9. The van der Waals surface area contributed by atoms with Crippen LogP contribution in [0.2, 0.25) is 0 Å². The zero-order valence-corrected chi connectivity index (χ0v) is 36.0. The molecule has 0 spiro atoms. The predicted molar refractivity (Wildman–Crippen MR) is 222 cm³/mol. The van der Waals surface area contributed by atoms with E-state index in [-0.39, 0.29) is 86.8 Å². The third kappa shape index (κ3) is 7.67. The van der Waals surface area contributed by atoms with Crippen LogP contribution in [0, 0.1) is 28.4 Å². The number of aromatic nitrogens is 3. The van der Waals surface area contributed by atoms with Crippen LogP contribution in [0.5, 0.6) is 6.01 Å². The minimum absolute atomic E-state index is 0.00110. The molecule has 2 bridgehead atoms. The van der Waals surface area contributed by atoms with E-state index in [0.29, 0.717) is 42.0 Å². The van der Waals surface area contributed by atoms with Gasteiger partial charge in [0.05, 0.1) is 54.0 Å². The van der Waals surface area contributed by atoms with Crippen LogP contribution in [0.15, 0.2) is 6.20 Å². The van der Waals surface area contributed by atoms with E-state index in [4.69, 9.17) is 28.9 Å². The number of pyridine rings is 1. The van der Waals surface area contributed by atoms with Gasteiger partial charge in [-0.1, -0.05) is 0 Å². The number of carbonyl (C=O) groups is 2. The van der Waals surface area contributed by atoms with Crippen molar-refractivity contribution in [2.24, 2.45) is 5.41 Å². The number of nitriles is 1. The van der Waals surface area contributed by atoms with Crippen LogP contribution in [0.3, 0.4) is 0 Å². The molecule has 9 rings (SSSR count). The molecule has 1 aliphatic carbocycles. The van der Waals surface area contributed by atoms with E-state index in [1.165, 1.54) is 0 Å². The summed E-state index contributed by atoms with van der Waals surface area (Å²) in [6, 6.07) is 1.89. The molecule has 1 saturated carbocycles. The number of nitrogens with one attached hydrogen (secondary N) is 1. The number of hydrogen-bond donors (Lipinski definition) is 2. The number of halogens is 2. The molecule has 1 aromatic carbocycles. The van der Waals surface area contributed by atoms with E-state index >= 15 is 8.78 Å². The monoisotopic (exact) mass is 860 g/mol. The summed E-state index contributed by atoms with van der Waals surface area (Å²) in [6.07, 6.45) is 4.10. The summed E-state index contributed by atoms with van der Waals surface area (Å²) in [5, 5.41) is 23.4. The first-order chi connectivity index (χ1) is 29.0. The summed E-state index contributed by atoms with van der Waals surface area (Å²) in [5.74, 6) is -1.03. The van der Waals surface area contributed by atoms with Gasteiger partial charge in [-0.2, -0.15) is 15.2 Å². The standard InChI is InChI=1S/C43H50F2N8O7S/c1-41(2,3)59-39(55)50-37-25(13-46)30-33(47-14-28(44)35(30)61-37)29-26-18-57-19-27(26)31-34(32(29)45)48-38(58-21-43(10-11-43)20-51-12-9-24(51)17-54)49-36(31)53-22-7-8-23(53)16-52(15-22)40(56)60-42(4,5)6/h14,22-24,54H,7-12,15-21H2,1-6H3,(H,50,55)/t22?,23?,24-/m0/s1. The van der Waals surface area contributed by atoms with Crippen molar-refractivity contribution in [2.75, 3.05) is 49.6 Å². The predicted octanol–water partition coefficient (Wildman–Crippen LogP) is 7.25. The maximum atomic E-state index is 17.9. The Labute approximate surface area is 355 Å². The summed E-state index contributed by atoms with van der Waals surface area (Å²) in [7, 11) is 0. The number of carbonyl (C=O) groups excluding carboxylic acids is 2. The fourth-order valence-corrected chi connectivity index (χ4v) is 10.2. The lowest BCUT2D eigenvalue weighted by Gasteiger charge is -2.42. The third-order valence-electron chi connectivity index (χ3n) is 12.2. The largest absolute Gasteiger partial charge is 0.463 e. The van der Waals surface area contributed by atoms with E-state index in [1.807, 2.05) is 20.8 Å². The molecule has 15 nitrogen and oxygen atoms in total. The number of thiophene rings is 1. The van der Waals surface area contributed by atoms with Gasteiger partial charge in [0.1, 0.15) is 33.6 Å². The Bertz CT molecular complexity index is 2480. The summed E-state index contributed by atoms with van der Waals surface area (Å²) >= 11 is 0.833. The molecule has 3 aromatic heterocycles. The van der Waals surface area contributed by atoms with Crippen molar-refractivity contribution >= 4 is 55.3 Å². The molecule has 5 aliphatic rings. The second kappa shape index (κ2) is 15.1. The van der Waals surface area contributed by atoms with E-state index < -0.39 is 35.0 Å². The average molecular weight is 861 g/mol. The number of amides is 2. The molecule has 2 unspecified atom stereocenters. The number of hydrogen-bond acceptors (Lipinski definition) is 14. The number of aliphatic hydroxyl groups excluding tert-OH is 1. The summed E-state index contributed by atoms with van der Waals surface area (Å²) < 4.78 is 57.2. The van der Waals surface area contributed by atoms with Gasteiger partial charge < -0.3 is 33.9 Å². The van der Waals surface area contributed by atoms with Crippen molar-refractivity contribution < 1.29 is 42.4 Å². The van der Waals surface area contributed by atoms with Crippen molar-refractivity contribution in [1.29, 1.82) is 5.26 Å². The Morgan fingerprint density at radius 3 is 2.36 bits per heavy atom. The van der Waals surface area contributed by atoms with Crippen LogP contribution < -0.4 is 15.0 Å². The van der Waals surface area contributed by atoms with Crippen LogP contribution in [-0.4, -0.2) is 111 Å². The van der Waals surface area contributed by atoms with Crippen molar-refractivity contribution in [3.63, 3.8) is 0 Å². The number of nitrogens with zero attached hydrogens (tertiary/aromatic N) is 7. The number of aliphatic hydroxyl groups is 1. The van der Waals surface area contributed by atoms with Crippen LogP contribution in [-0.2, 0) is 27.4 Å². The van der Waals surface area contributed by atoms with Gasteiger partial charge in [-0.05, 0) is 84.8 Å². The molecule has 61 heavy (non-hydrogen) atoms.